The first-order valence-electron chi connectivity index (χ1n) is 6.69. The second-order valence-corrected chi connectivity index (χ2v) is 5.26. The van der Waals surface area contributed by atoms with Crippen LogP contribution in [0.2, 0.25) is 5.02 Å². The molecular formula is C16H18ClFN2. The quantitative estimate of drug-likeness (QED) is 0.879. The molecule has 106 valence electrons. The number of benzene rings is 1. The standard InChI is InChI=1S/C16H18ClFN2/c1-19-15(6-4-12-3-2-8-20-11-12)10-13-9-14(17)5-7-16(13)18/h2-3,5,7-9,11,15,19H,4,6,10H2,1H3. The predicted octanol–water partition coefficient (Wildman–Crippen LogP) is 3.64. The molecule has 0 radical (unpaired) electrons. The molecule has 4 heteroatoms. The van der Waals surface area contributed by atoms with Gasteiger partial charge < -0.3 is 5.32 Å². The van der Waals surface area contributed by atoms with Crippen LogP contribution in [0.4, 0.5) is 4.39 Å². The first kappa shape index (κ1) is 14.9. The fourth-order valence-electron chi connectivity index (χ4n) is 2.20. The van der Waals surface area contributed by atoms with Crippen LogP contribution >= 0.6 is 11.6 Å². The Hall–Kier alpha value is -1.45. The molecule has 0 aliphatic heterocycles. The molecule has 1 unspecified atom stereocenters. The summed E-state index contributed by atoms with van der Waals surface area (Å²) in [4.78, 5) is 4.10. The van der Waals surface area contributed by atoms with Gasteiger partial charge in [-0.25, -0.2) is 4.39 Å². The minimum atomic E-state index is -0.198. The summed E-state index contributed by atoms with van der Waals surface area (Å²) >= 11 is 5.92. The summed E-state index contributed by atoms with van der Waals surface area (Å²) in [5.74, 6) is -0.198. The predicted molar refractivity (Wildman–Crippen MR) is 80.5 cm³/mol. The summed E-state index contributed by atoms with van der Waals surface area (Å²) in [5, 5.41) is 3.81. The summed E-state index contributed by atoms with van der Waals surface area (Å²) in [6.45, 7) is 0. The van der Waals surface area contributed by atoms with Gasteiger partial charge in [-0.05, 0) is 61.7 Å². The molecule has 0 aliphatic rings. The van der Waals surface area contributed by atoms with Crippen LogP contribution in [0.15, 0.2) is 42.7 Å². The third kappa shape index (κ3) is 4.29. The molecule has 2 rings (SSSR count). The summed E-state index contributed by atoms with van der Waals surface area (Å²) in [7, 11) is 1.90. The van der Waals surface area contributed by atoms with Crippen molar-refractivity contribution >= 4 is 11.6 Å². The van der Waals surface area contributed by atoms with Crippen molar-refractivity contribution in [2.75, 3.05) is 7.05 Å². The fourth-order valence-corrected chi connectivity index (χ4v) is 2.40. The van der Waals surface area contributed by atoms with E-state index in [0.29, 0.717) is 17.0 Å². The molecule has 0 spiro atoms. The number of aryl methyl sites for hydroxylation is 1. The van der Waals surface area contributed by atoms with Gasteiger partial charge in [-0.3, -0.25) is 4.98 Å². The molecule has 1 atom stereocenters. The van der Waals surface area contributed by atoms with Gasteiger partial charge in [0, 0.05) is 23.5 Å². The van der Waals surface area contributed by atoms with Crippen LogP contribution in [0.1, 0.15) is 17.5 Å². The minimum absolute atomic E-state index is 0.198. The lowest BCUT2D eigenvalue weighted by molar-refractivity contribution is 0.504. The highest BCUT2D eigenvalue weighted by Crippen LogP contribution is 2.17. The monoisotopic (exact) mass is 292 g/mol. The number of likely N-dealkylation sites (N-methyl/N-ethyl adjacent to an activating group) is 1. The number of hydrogen-bond donors (Lipinski definition) is 1. The molecule has 0 amide bonds. The first-order chi connectivity index (χ1) is 9.69. The molecule has 2 aromatic rings. The Labute approximate surface area is 124 Å². The smallest absolute Gasteiger partial charge is 0.126 e. The normalized spacial score (nSPS) is 12.3. The average Bonchev–Trinajstić information content (AvgIpc) is 2.48. The summed E-state index contributed by atoms with van der Waals surface area (Å²) in [5.41, 5.74) is 1.85. The van der Waals surface area contributed by atoms with Crippen molar-refractivity contribution in [1.29, 1.82) is 0 Å². The van der Waals surface area contributed by atoms with Crippen LogP contribution < -0.4 is 5.32 Å². The highest BCUT2D eigenvalue weighted by atomic mass is 35.5. The second kappa shape index (κ2) is 7.36. The van der Waals surface area contributed by atoms with Crippen LogP contribution in [0.25, 0.3) is 0 Å². The number of halogens is 2. The van der Waals surface area contributed by atoms with E-state index >= 15 is 0 Å². The molecule has 1 N–H and O–H groups in total. The highest BCUT2D eigenvalue weighted by Gasteiger charge is 2.11. The van der Waals surface area contributed by atoms with E-state index in [0.717, 1.165) is 12.8 Å². The van der Waals surface area contributed by atoms with Crippen molar-refractivity contribution in [3.8, 4) is 0 Å². The Balaban J connectivity index is 1.97. The number of pyridine rings is 1. The van der Waals surface area contributed by atoms with Gasteiger partial charge in [-0.15, -0.1) is 0 Å². The van der Waals surface area contributed by atoms with Gasteiger partial charge in [0.05, 0.1) is 0 Å². The van der Waals surface area contributed by atoms with Gasteiger partial charge in [0.2, 0.25) is 0 Å². The molecule has 20 heavy (non-hydrogen) atoms. The fraction of sp³-hybridized carbons (Fsp3) is 0.312. The largest absolute Gasteiger partial charge is 0.317 e. The molecular weight excluding hydrogens is 275 g/mol. The maximum absolute atomic E-state index is 13.7. The zero-order chi connectivity index (χ0) is 14.4. The molecule has 1 heterocycles. The molecule has 1 aromatic heterocycles. The van der Waals surface area contributed by atoms with Gasteiger partial charge in [0.1, 0.15) is 5.82 Å². The van der Waals surface area contributed by atoms with Gasteiger partial charge in [-0.2, -0.15) is 0 Å². The zero-order valence-corrected chi connectivity index (χ0v) is 12.2. The van der Waals surface area contributed by atoms with Crippen LogP contribution in [-0.4, -0.2) is 18.1 Å². The average molecular weight is 293 g/mol. The second-order valence-electron chi connectivity index (χ2n) is 4.83. The Bertz CT molecular complexity index is 545. The SMILES string of the molecule is CNC(CCc1cccnc1)Cc1cc(Cl)ccc1F. The summed E-state index contributed by atoms with van der Waals surface area (Å²) < 4.78 is 13.7. The third-order valence-corrected chi connectivity index (χ3v) is 3.62. The van der Waals surface area contributed by atoms with Gasteiger partial charge >= 0.3 is 0 Å². The van der Waals surface area contributed by atoms with Crippen molar-refractivity contribution in [3.63, 3.8) is 0 Å². The first-order valence-corrected chi connectivity index (χ1v) is 7.07. The van der Waals surface area contributed by atoms with E-state index in [2.05, 4.69) is 16.4 Å². The van der Waals surface area contributed by atoms with E-state index in [1.165, 1.54) is 11.6 Å². The van der Waals surface area contributed by atoms with E-state index in [9.17, 15) is 4.39 Å². The van der Waals surface area contributed by atoms with Crippen molar-refractivity contribution < 1.29 is 4.39 Å². The maximum atomic E-state index is 13.7. The van der Waals surface area contributed by atoms with Crippen molar-refractivity contribution in [3.05, 3.63) is 64.7 Å². The van der Waals surface area contributed by atoms with E-state index in [4.69, 9.17) is 11.6 Å². The zero-order valence-electron chi connectivity index (χ0n) is 11.4. The van der Waals surface area contributed by atoms with Gasteiger partial charge in [0.15, 0.2) is 0 Å². The summed E-state index contributed by atoms with van der Waals surface area (Å²) in [6, 6.07) is 8.89. The van der Waals surface area contributed by atoms with Crippen LogP contribution in [0.3, 0.4) is 0 Å². The number of hydrogen-bond acceptors (Lipinski definition) is 2. The third-order valence-electron chi connectivity index (χ3n) is 3.39. The Morgan fingerprint density at radius 2 is 2.20 bits per heavy atom. The molecule has 0 saturated carbocycles. The molecule has 0 saturated heterocycles. The molecule has 0 fully saturated rings. The van der Waals surface area contributed by atoms with Gasteiger partial charge in [0.25, 0.3) is 0 Å². The molecule has 0 aliphatic carbocycles. The number of nitrogens with one attached hydrogen (secondary N) is 1. The minimum Gasteiger partial charge on any atom is -0.317 e. The van der Waals surface area contributed by atoms with E-state index in [1.807, 2.05) is 19.3 Å². The molecule has 0 bridgehead atoms. The highest BCUT2D eigenvalue weighted by molar-refractivity contribution is 6.30. The maximum Gasteiger partial charge on any atom is 0.126 e. The van der Waals surface area contributed by atoms with Crippen molar-refractivity contribution in [1.82, 2.24) is 10.3 Å². The Kier molecular flexibility index (Phi) is 5.50. The van der Waals surface area contributed by atoms with Crippen molar-refractivity contribution in [2.24, 2.45) is 0 Å². The lowest BCUT2D eigenvalue weighted by atomic mass is 9.99. The number of aromatic nitrogens is 1. The Morgan fingerprint density at radius 3 is 2.90 bits per heavy atom. The lowest BCUT2D eigenvalue weighted by Gasteiger charge is -2.16. The van der Waals surface area contributed by atoms with Crippen LogP contribution in [0.5, 0.6) is 0 Å². The van der Waals surface area contributed by atoms with E-state index in [-0.39, 0.29) is 11.9 Å². The lowest BCUT2D eigenvalue weighted by Crippen LogP contribution is -2.28. The van der Waals surface area contributed by atoms with Crippen molar-refractivity contribution in [2.45, 2.75) is 25.3 Å². The summed E-state index contributed by atoms with van der Waals surface area (Å²) in [6.07, 6.45) is 6.10. The molecule has 1 aromatic carbocycles. The van der Waals surface area contributed by atoms with Gasteiger partial charge in [-0.1, -0.05) is 17.7 Å². The topological polar surface area (TPSA) is 24.9 Å². The number of nitrogens with zero attached hydrogens (tertiary/aromatic N) is 1. The van der Waals surface area contributed by atoms with E-state index < -0.39 is 0 Å². The van der Waals surface area contributed by atoms with Crippen LogP contribution in [0, 0.1) is 5.82 Å². The number of rotatable bonds is 6. The Morgan fingerprint density at radius 1 is 1.35 bits per heavy atom. The van der Waals surface area contributed by atoms with Crippen LogP contribution in [-0.2, 0) is 12.8 Å². The molecule has 2 nitrogen and oxygen atoms in total. The van der Waals surface area contributed by atoms with E-state index in [1.54, 1.807) is 18.3 Å².